The number of nitrogens with one attached hydrogen (secondary N) is 2. The average molecular weight is 222 g/mol. The zero-order chi connectivity index (χ0) is 11.7. The fourth-order valence-electron chi connectivity index (χ4n) is 2.20. The number of fused-ring (bicyclic) bond motifs is 3. The molecule has 0 bridgehead atoms. The Balaban J connectivity index is 2.27. The number of hydrogen-bond donors (Lipinski definition) is 2. The van der Waals surface area contributed by atoms with E-state index in [0.717, 1.165) is 17.7 Å². The van der Waals surface area contributed by atoms with Crippen molar-refractivity contribution >= 4 is 27.5 Å². The Morgan fingerprint density at radius 2 is 1.88 bits per heavy atom. The highest BCUT2D eigenvalue weighted by Crippen LogP contribution is 2.29. The van der Waals surface area contributed by atoms with E-state index in [4.69, 9.17) is 0 Å². The third kappa shape index (κ3) is 1.58. The van der Waals surface area contributed by atoms with Crippen LogP contribution in [0.25, 0.3) is 21.8 Å². The summed E-state index contributed by atoms with van der Waals surface area (Å²) in [5.41, 5.74) is 3.46. The second-order valence-electron chi connectivity index (χ2n) is 4.07. The summed E-state index contributed by atoms with van der Waals surface area (Å²) in [6.07, 6.45) is 1.86. The van der Waals surface area contributed by atoms with E-state index < -0.39 is 0 Å². The van der Waals surface area contributed by atoms with Crippen molar-refractivity contribution in [1.29, 1.82) is 0 Å². The van der Waals surface area contributed by atoms with E-state index in [-0.39, 0.29) is 0 Å². The van der Waals surface area contributed by atoms with Gasteiger partial charge in [0.1, 0.15) is 0 Å². The number of aromatic nitrogens is 1. The van der Waals surface area contributed by atoms with Gasteiger partial charge in [-0.2, -0.15) is 0 Å². The molecular weight excluding hydrogens is 208 g/mol. The van der Waals surface area contributed by atoms with E-state index in [1.807, 2.05) is 6.08 Å². The fraction of sp³-hybridized carbons (Fsp3) is 0.0667. The predicted octanol–water partition coefficient (Wildman–Crippen LogP) is 3.92. The van der Waals surface area contributed by atoms with Gasteiger partial charge in [0.05, 0.1) is 11.2 Å². The number of para-hydroxylation sites is 2. The molecule has 0 fully saturated rings. The van der Waals surface area contributed by atoms with Gasteiger partial charge in [-0.1, -0.05) is 36.4 Å². The zero-order valence-corrected chi connectivity index (χ0v) is 9.53. The highest BCUT2D eigenvalue weighted by molar-refractivity contribution is 6.11. The Morgan fingerprint density at radius 1 is 1.06 bits per heavy atom. The van der Waals surface area contributed by atoms with Gasteiger partial charge in [-0.05, 0) is 12.1 Å². The van der Waals surface area contributed by atoms with Crippen molar-refractivity contribution in [1.82, 2.24) is 4.98 Å². The predicted molar refractivity (Wildman–Crippen MR) is 74.5 cm³/mol. The summed E-state index contributed by atoms with van der Waals surface area (Å²) in [6, 6.07) is 14.7. The first-order valence-corrected chi connectivity index (χ1v) is 5.74. The van der Waals surface area contributed by atoms with Crippen LogP contribution in [0.4, 0.5) is 5.69 Å². The minimum atomic E-state index is 0.772. The molecule has 0 amide bonds. The average Bonchev–Trinajstić information content (AvgIpc) is 2.75. The topological polar surface area (TPSA) is 27.8 Å². The van der Waals surface area contributed by atoms with Gasteiger partial charge >= 0.3 is 0 Å². The lowest BCUT2D eigenvalue weighted by Gasteiger charge is -2.04. The maximum Gasteiger partial charge on any atom is 0.0700 e. The Hall–Kier alpha value is -2.22. The molecule has 0 atom stereocenters. The second kappa shape index (κ2) is 3.98. The standard InChI is InChI=1S/C15H14N2/c1-2-10-16-14-9-5-7-12-11-6-3-4-8-13(11)17-15(12)14/h2-9,16-17H,1,10H2. The summed E-state index contributed by atoms with van der Waals surface area (Å²) in [7, 11) is 0. The molecule has 1 aromatic heterocycles. The van der Waals surface area contributed by atoms with Crippen LogP contribution in [0.15, 0.2) is 55.1 Å². The first kappa shape index (κ1) is 9.97. The van der Waals surface area contributed by atoms with Gasteiger partial charge in [0.2, 0.25) is 0 Å². The molecule has 2 nitrogen and oxygen atoms in total. The molecule has 0 aliphatic rings. The number of anilines is 1. The molecule has 2 N–H and O–H groups in total. The van der Waals surface area contributed by atoms with Gasteiger partial charge in [0.15, 0.2) is 0 Å². The van der Waals surface area contributed by atoms with Crippen LogP contribution >= 0.6 is 0 Å². The van der Waals surface area contributed by atoms with Crippen molar-refractivity contribution < 1.29 is 0 Å². The molecule has 0 spiro atoms. The van der Waals surface area contributed by atoms with Crippen molar-refractivity contribution in [2.24, 2.45) is 0 Å². The third-order valence-electron chi connectivity index (χ3n) is 2.98. The van der Waals surface area contributed by atoms with Gasteiger partial charge in [0.25, 0.3) is 0 Å². The minimum Gasteiger partial charge on any atom is -0.380 e. The van der Waals surface area contributed by atoms with Crippen molar-refractivity contribution in [3.8, 4) is 0 Å². The monoisotopic (exact) mass is 222 g/mol. The lowest BCUT2D eigenvalue weighted by Crippen LogP contribution is -1.97. The van der Waals surface area contributed by atoms with Gasteiger partial charge in [-0.15, -0.1) is 6.58 Å². The normalized spacial score (nSPS) is 10.8. The van der Waals surface area contributed by atoms with Crippen LogP contribution in [0.5, 0.6) is 0 Å². The molecule has 3 aromatic rings. The van der Waals surface area contributed by atoms with E-state index in [2.05, 4.69) is 59.3 Å². The van der Waals surface area contributed by atoms with Gasteiger partial charge in [-0.3, -0.25) is 0 Å². The summed E-state index contributed by atoms with van der Waals surface area (Å²) >= 11 is 0. The summed E-state index contributed by atoms with van der Waals surface area (Å²) in [4.78, 5) is 3.46. The SMILES string of the molecule is C=CCNc1cccc2c1[nH]c1ccccc12. The maximum atomic E-state index is 3.73. The Morgan fingerprint density at radius 3 is 2.76 bits per heavy atom. The zero-order valence-electron chi connectivity index (χ0n) is 9.53. The van der Waals surface area contributed by atoms with Crippen molar-refractivity contribution in [3.05, 3.63) is 55.1 Å². The first-order chi connectivity index (χ1) is 8.40. The van der Waals surface area contributed by atoms with E-state index in [9.17, 15) is 0 Å². The molecule has 17 heavy (non-hydrogen) atoms. The minimum absolute atomic E-state index is 0.772. The van der Waals surface area contributed by atoms with Crippen molar-refractivity contribution in [2.45, 2.75) is 0 Å². The summed E-state index contributed by atoms with van der Waals surface area (Å²) in [6.45, 7) is 4.50. The number of rotatable bonds is 3. The molecule has 0 unspecified atom stereocenters. The van der Waals surface area contributed by atoms with Crippen LogP contribution < -0.4 is 5.32 Å². The lowest BCUT2D eigenvalue weighted by atomic mass is 10.1. The smallest absolute Gasteiger partial charge is 0.0700 e. The van der Waals surface area contributed by atoms with Crippen LogP contribution in [0, 0.1) is 0 Å². The molecule has 3 rings (SSSR count). The van der Waals surface area contributed by atoms with Crippen molar-refractivity contribution in [3.63, 3.8) is 0 Å². The Bertz CT molecular complexity index is 680. The highest BCUT2D eigenvalue weighted by atomic mass is 14.9. The first-order valence-electron chi connectivity index (χ1n) is 5.74. The number of H-pyrrole nitrogens is 1. The molecule has 0 saturated heterocycles. The quantitative estimate of drug-likeness (QED) is 0.646. The van der Waals surface area contributed by atoms with Crippen LogP contribution in [-0.4, -0.2) is 11.5 Å². The Kier molecular flexibility index (Phi) is 2.33. The molecule has 1 heterocycles. The summed E-state index contributed by atoms with van der Waals surface area (Å²) < 4.78 is 0. The molecule has 0 saturated carbocycles. The van der Waals surface area contributed by atoms with Crippen LogP contribution in [0.2, 0.25) is 0 Å². The Labute approximate surface area is 100.0 Å². The molecule has 0 radical (unpaired) electrons. The van der Waals surface area contributed by atoms with Crippen molar-refractivity contribution in [2.75, 3.05) is 11.9 Å². The van der Waals surface area contributed by atoms with Crippen LogP contribution in [0.1, 0.15) is 0 Å². The maximum absolute atomic E-state index is 3.73. The fourth-order valence-corrected chi connectivity index (χ4v) is 2.20. The lowest BCUT2D eigenvalue weighted by molar-refractivity contribution is 1.35. The number of benzene rings is 2. The molecule has 2 aromatic carbocycles. The molecule has 0 aliphatic carbocycles. The molecule has 0 aliphatic heterocycles. The largest absolute Gasteiger partial charge is 0.380 e. The second-order valence-corrected chi connectivity index (χ2v) is 4.07. The van der Waals surface area contributed by atoms with E-state index in [1.54, 1.807) is 0 Å². The summed E-state index contributed by atoms with van der Waals surface area (Å²) in [5, 5.41) is 5.88. The van der Waals surface area contributed by atoms with Crippen LogP contribution in [-0.2, 0) is 0 Å². The highest BCUT2D eigenvalue weighted by Gasteiger charge is 2.06. The van der Waals surface area contributed by atoms with Gasteiger partial charge in [-0.25, -0.2) is 0 Å². The number of aromatic amines is 1. The summed E-state index contributed by atoms with van der Waals surface area (Å²) in [5.74, 6) is 0. The molecule has 2 heteroatoms. The van der Waals surface area contributed by atoms with E-state index >= 15 is 0 Å². The van der Waals surface area contributed by atoms with Gasteiger partial charge < -0.3 is 10.3 Å². The van der Waals surface area contributed by atoms with E-state index in [1.165, 1.54) is 16.3 Å². The third-order valence-corrected chi connectivity index (χ3v) is 2.98. The van der Waals surface area contributed by atoms with E-state index in [0.29, 0.717) is 0 Å². The number of hydrogen-bond acceptors (Lipinski definition) is 1. The molecule has 84 valence electrons. The van der Waals surface area contributed by atoms with Gasteiger partial charge in [0, 0.05) is 22.8 Å². The van der Waals surface area contributed by atoms with Crippen LogP contribution in [0.3, 0.4) is 0 Å². The molecular formula is C15H14N2.